The monoisotopic (exact) mass is 457 g/mol. The maximum absolute atomic E-state index is 13.0. The second-order valence-electron chi connectivity index (χ2n) is 12.1. The van der Waals surface area contributed by atoms with Crippen LogP contribution in [0.2, 0.25) is 0 Å². The molecule has 1 saturated carbocycles. The molecule has 0 radical (unpaired) electrons. The zero-order valence-electron chi connectivity index (χ0n) is 21.9. The Bertz CT molecular complexity index is 876. The summed E-state index contributed by atoms with van der Waals surface area (Å²) in [4.78, 5) is 15.6. The molecule has 0 aromatic heterocycles. The number of ether oxygens (including phenoxy) is 3. The quantitative estimate of drug-likeness (QED) is 0.505. The molecule has 4 rings (SSSR count). The van der Waals surface area contributed by atoms with Crippen molar-refractivity contribution in [1.29, 1.82) is 0 Å². The molecule has 5 heteroatoms. The van der Waals surface area contributed by atoms with Crippen LogP contribution < -0.4 is 9.47 Å². The predicted octanol–water partition coefficient (Wildman–Crippen LogP) is 5.51. The van der Waals surface area contributed by atoms with Gasteiger partial charge in [-0.2, -0.15) is 0 Å². The van der Waals surface area contributed by atoms with E-state index in [0.717, 1.165) is 37.4 Å². The summed E-state index contributed by atoms with van der Waals surface area (Å²) in [6.45, 7) is 16.0. The van der Waals surface area contributed by atoms with Crippen LogP contribution in [0.4, 0.5) is 0 Å². The number of nitrogens with zero attached hydrogens (tertiary/aromatic N) is 1. The number of fused-ring (bicyclic) bond motifs is 3. The molecule has 1 aromatic rings. The molecule has 3 aliphatic rings. The van der Waals surface area contributed by atoms with Crippen molar-refractivity contribution >= 4 is 5.97 Å². The first kappa shape index (κ1) is 24.4. The smallest absolute Gasteiger partial charge is 0.310 e. The van der Waals surface area contributed by atoms with Crippen molar-refractivity contribution in [3.05, 3.63) is 23.3 Å². The second kappa shape index (κ2) is 8.79. The Labute approximate surface area is 200 Å². The van der Waals surface area contributed by atoms with Crippen LogP contribution in [0.15, 0.2) is 12.1 Å². The highest BCUT2D eigenvalue weighted by atomic mass is 16.5. The van der Waals surface area contributed by atoms with Gasteiger partial charge < -0.3 is 14.2 Å². The molecule has 2 aliphatic heterocycles. The first-order valence-electron chi connectivity index (χ1n) is 12.7. The van der Waals surface area contributed by atoms with Crippen molar-refractivity contribution in [3.8, 4) is 11.5 Å². The van der Waals surface area contributed by atoms with E-state index in [1.807, 2.05) is 0 Å². The van der Waals surface area contributed by atoms with Gasteiger partial charge in [-0.25, -0.2) is 0 Å². The average molecular weight is 458 g/mol. The summed E-state index contributed by atoms with van der Waals surface area (Å²) < 4.78 is 17.2. The number of benzene rings is 1. The molecule has 33 heavy (non-hydrogen) atoms. The van der Waals surface area contributed by atoms with Crippen molar-refractivity contribution in [1.82, 2.24) is 4.90 Å². The van der Waals surface area contributed by atoms with Crippen LogP contribution >= 0.6 is 0 Å². The minimum absolute atomic E-state index is 0.000713. The van der Waals surface area contributed by atoms with Crippen LogP contribution in [0.1, 0.15) is 71.6 Å². The molecule has 5 nitrogen and oxygen atoms in total. The summed E-state index contributed by atoms with van der Waals surface area (Å²) in [5.74, 6) is 3.15. The average Bonchev–Trinajstić information content (AvgIpc) is 3.18. The van der Waals surface area contributed by atoms with Gasteiger partial charge in [-0.1, -0.05) is 41.5 Å². The van der Waals surface area contributed by atoms with E-state index < -0.39 is 0 Å². The van der Waals surface area contributed by atoms with E-state index in [2.05, 4.69) is 58.6 Å². The Morgan fingerprint density at radius 2 is 1.70 bits per heavy atom. The molecule has 0 spiro atoms. The van der Waals surface area contributed by atoms with Gasteiger partial charge in [-0.3, -0.25) is 9.69 Å². The summed E-state index contributed by atoms with van der Waals surface area (Å²) in [6, 6.07) is 4.67. The SMILES string of the molecule is COc1cc2c(cc1OC)C1CC(COC(=O)C3C(C)(C)C3(C)C)C(CC(C)C)CN1CC2. The van der Waals surface area contributed by atoms with Crippen molar-refractivity contribution in [2.24, 2.45) is 34.5 Å². The molecule has 1 aliphatic carbocycles. The lowest BCUT2D eigenvalue weighted by molar-refractivity contribution is -0.150. The Kier molecular flexibility index (Phi) is 6.50. The van der Waals surface area contributed by atoms with Crippen molar-refractivity contribution < 1.29 is 19.0 Å². The molecule has 0 amide bonds. The van der Waals surface area contributed by atoms with Gasteiger partial charge >= 0.3 is 5.97 Å². The highest BCUT2D eigenvalue weighted by Gasteiger charge is 2.69. The fraction of sp³-hybridized carbons (Fsp3) is 0.750. The summed E-state index contributed by atoms with van der Waals surface area (Å²) >= 11 is 0. The predicted molar refractivity (Wildman–Crippen MR) is 131 cm³/mol. The molecule has 0 N–H and O–H groups in total. The third-order valence-corrected chi connectivity index (χ3v) is 9.25. The Morgan fingerprint density at radius 3 is 2.27 bits per heavy atom. The topological polar surface area (TPSA) is 48.0 Å². The number of carbonyl (C=O) groups excluding carboxylic acids is 1. The molecule has 2 fully saturated rings. The fourth-order valence-corrected chi connectivity index (χ4v) is 6.64. The normalized spacial score (nSPS) is 28.1. The number of carbonyl (C=O) groups is 1. The van der Waals surface area contributed by atoms with Crippen molar-refractivity contribution in [2.75, 3.05) is 33.9 Å². The summed E-state index contributed by atoms with van der Waals surface area (Å²) in [5.41, 5.74) is 2.74. The van der Waals surface area contributed by atoms with Crippen LogP contribution in [0.25, 0.3) is 0 Å². The number of esters is 1. The van der Waals surface area contributed by atoms with E-state index in [9.17, 15) is 4.79 Å². The molecular weight excluding hydrogens is 414 g/mol. The highest BCUT2D eigenvalue weighted by molar-refractivity contribution is 5.78. The minimum atomic E-state index is -0.00817. The minimum Gasteiger partial charge on any atom is -0.493 e. The van der Waals surface area contributed by atoms with Crippen LogP contribution in [0, 0.1) is 34.5 Å². The van der Waals surface area contributed by atoms with Crippen molar-refractivity contribution in [2.45, 2.75) is 66.8 Å². The molecule has 3 unspecified atom stereocenters. The maximum atomic E-state index is 13.0. The third kappa shape index (κ3) is 4.26. The largest absolute Gasteiger partial charge is 0.493 e. The Morgan fingerprint density at radius 1 is 1.06 bits per heavy atom. The molecule has 1 saturated heterocycles. The van der Waals surface area contributed by atoms with E-state index in [-0.39, 0.29) is 22.7 Å². The molecule has 2 heterocycles. The Hall–Kier alpha value is -1.75. The molecule has 184 valence electrons. The van der Waals surface area contributed by atoms with Gasteiger partial charge in [-0.05, 0) is 71.1 Å². The maximum Gasteiger partial charge on any atom is 0.310 e. The van der Waals surface area contributed by atoms with Gasteiger partial charge in [-0.15, -0.1) is 0 Å². The summed E-state index contributed by atoms with van der Waals surface area (Å²) in [7, 11) is 3.40. The van der Waals surface area contributed by atoms with Crippen LogP contribution in [0.3, 0.4) is 0 Å². The molecule has 0 bridgehead atoms. The van der Waals surface area contributed by atoms with E-state index >= 15 is 0 Å². The van der Waals surface area contributed by atoms with Crippen LogP contribution in [-0.2, 0) is 16.0 Å². The first-order valence-corrected chi connectivity index (χ1v) is 12.7. The standard InChI is InChI=1S/C28H43NO4/c1-17(2)11-19-15-29-10-9-18-13-23(31-7)24(32-8)14-21(18)22(29)12-20(19)16-33-26(30)25-27(3,4)28(25,5)6/h13-14,17,19-20,22,25H,9-12,15-16H2,1-8H3. The van der Waals surface area contributed by atoms with Crippen LogP contribution in [-0.4, -0.2) is 44.8 Å². The lowest BCUT2D eigenvalue weighted by Crippen LogP contribution is -2.47. The van der Waals surface area contributed by atoms with Crippen molar-refractivity contribution in [3.63, 3.8) is 0 Å². The van der Waals surface area contributed by atoms with Gasteiger partial charge in [0.2, 0.25) is 0 Å². The van der Waals surface area contributed by atoms with Gasteiger partial charge in [0, 0.05) is 19.1 Å². The van der Waals surface area contributed by atoms with Gasteiger partial charge in [0.1, 0.15) is 0 Å². The number of rotatable bonds is 7. The number of hydrogen-bond donors (Lipinski definition) is 0. The zero-order valence-corrected chi connectivity index (χ0v) is 21.9. The number of hydrogen-bond acceptors (Lipinski definition) is 5. The van der Waals surface area contributed by atoms with Gasteiger partial charge in [0.15, 0.2) is 11.5 Å². The van der Waals surface area contributed by atoms with E-state index in [1.165, 1.54) is 17.5 Å². The van der Waals surface area contributed by atoms with E-state index in [4.69, 9.17) is 14.2 Å². The van der Waals surface area contributed by atoms with E-state index in [0.29, 0.717) is 30.4 Å². The first-order chi connectivity index (χ1) is 15.5. The zero-order chi connectivity index (χ0) is 24.1. The highest BCUT2D eigenvalue weighted by Crippen LogP contribution is 2.68. The van der Waals surface area contributed by atoms with Crippen LogP contribution in [0.5, 0.6) is 11.5 Å². The second-order valence-corrected chi connectivity index (χ2v) is 12.1. The van der Waals surface area contributed by atoms with Gasteiger partial charge in [0.05, 0.1) is 26.7 Å². The Balaban J connectivity index is 1.53. The number of piperidine rings is 1. The van der Waals surface area contributed by atoms with Gasteiger partial charge in [0.25, 0.3) is 0 Å². The summed E-state index contributed by atoms with van der Waals surface area (Å²) in [5, 5.41) is 0. The number of methoxy groups -OCH3 is 2. The third-order valence-electron chi connectivity index (χ3n) is 9.25. The molecule has 3 atom stereocenters. The lowest BCUT2D eigenvalue weighted by Gasteiger charge is -2.47. The lowest BCUT2D eigenvalue weighted by atomic mass is 9.74. The molecule has 1 aromatic carbocycles. The fourth-order valence-electron chi connectivity index (χ4n) is 6.64. The summed E-state index contributed by atoms with van der Waals surface area (Å²) in [6.07, 6.45) is 3.22. The van der Waals surface area contributed by atoms with E-state index in [1.54, 1.807) is 14.2 Å². The molecular formula is C28H43NO4.